The fourth-order valence-electron chi connectivity index (χ4n) is 3.46. The Morgan fingerprint density at radius 3 is 2.92 bits per heavy atom. The van der Waals surface area contributed by atoms with Crippen LogP contribution < -0.4 is 0 Å². The number of hydrogen-bond acceptors (Lipinski definition) is 4. The van der Waals surface area contributed by atoms with Gasteiger partial charge < -0.3 is 0 Å². The van der Waals surface area contributed by atoms with E-state index in [9.17, 15) is 0 Å². The van der Waals surface area contributed by atoms with Crippen LogP contribution in [0.4, 0.5) is 0 Å². The Morgan fingerprint density at radius 1 is 1.17 bits per heavy atom. The van der Waals surface area contributed by atoms with E-state index in [1.165, 1.54) is 12.0 Å². The van der Waals surface area contributed by atoms with Gasteiger partial charge in [-0.3, -0.25) is 14.5 Å². The van der Waals surface area contributed by atoms with Gasteiger partial charge in [0.2, 0.25) is 0 Å². The van der Waals surface area contributed by atoms with Crippen LogP contribution in [-0.4, -0.2) is 31.0 Å². The van der Waals surface area contributed by atoms with Crippen LogP contribution in [0.5, 0.6) is 0 Å². The van der Waals surface area contributed by atoms with Gasteiger partial charge in [-0.1, -0.05) is 12.1 Å². The summed E-state index contributed by atoms with van der Waals surface area (Å²) >= 11 is 0. The first-order chi connectivity index (χ1) is 11.8. The normalized spacial score (nSPS) is 18.1. The zero-order valence-electron chi connectivity index (χ0n) is 13.8. The Kier molecular flexibility index (Phi) is 4.09. The molecule has 0 aromatic carbocycles. The van der Waals surface area contributed by atoms with Gasteiger partial charge in [0, 0.05) is 31.3 Å². The molecule has 0 spiro atoms. The average Bonchev–Trinajstić information content (AvgIpc) is 3.25. The van der Waals surface area contributed by atoms with Gasteiger partial charge in [0.15, 0.2) is 0 Å². The molecule has 122 valence electrons. The summed E-state index contributed by atoms with van der Waals surface area (Å²) in [5, 5.41) is 0. The lowest BCUT2D eigenvalue weighted by molar-refractivity contribution is 0.244. The quantitative estimate of drug-likeness (QED) is 0.740. The van der Waals surface area contributed by atoms with E-state index in [0.717, 1.165) is 36.8 Å². The fourth-order valence-corrected chi connectivity index (χ4v) is 3.46. The van der Waals surface area contributed by atoms with Crippen LogP contribution >= 0.6 is 0 Å². The molecule has 24 heavy (non-hydrogen) atoms. The Morgan fingerprint density at radius 2 is 2.12 bits per heavy atom. The first-order valence-corrected chi connectivity index (χ1v) is 8.41. The molecule has 5 heteroatoms. The van der Waals surface area contributed by atoms with Crippen molar-refractivity contribution in [2.75, 3.05) is 6.54 Å². The lowest BCUT2D eigenvalue weighted by atomic mass is 10.1. The van der Waals surface area contributed by atoms with Gasteiger partial charge in [-0.05, 0) is 50.1 Å². The van der Waals surface area contributed by atoms with Gasteiger partial charge in [-0.25, -0.2) is 9.97 Å². The molecule has 1 saturated heterocycles. The Balaban J connectivity index is 1.59. The maximum atomic E-state index is 4.92. The van der Waals surface area contributed by atoms with E-state index in [4.69, 9.17) is 4.98 Å². The number of nitrogens with zero attached hydrogens (tertiary/aromatic N) is 5. The van der Waals surface area contributed by atoms with Crippen molar-refractivity contribution in [3.63, 3.8) is 0 Å². The summed E-state index contributed by atoms with van der Waals surface area (Å²) in [4.78, 5) is 15.9. The molecule has 5 nitrogen and oxygen atoms in total. The SMILES string of the molecule is Cc1nccn1-c1cccc([C@H]2CCCN2Cc2cccnc2)n1. The van der Waals surface area contributed by atoms with Crippen LogP contribution in [0.3, 0.4) is 0 Å². The monoisotopic (exact) mass is 319 g/mol. The Bertz CT molecular complexity index is 811. The highest BCUT2D eigenvalue weighted by Gasteiger charge is 2.27. The lowest BCUT2D eigenvalue weighted by Gasteiger charge is -2.24. The zero-order valence-corrected chi connectivity index (χ0v) is 13.8. The molecular weight excluding hydrogens is 298 g/mol. The summed E-state index contributed by atoms with van der Waals surface area (Å²) in [6, 6.07) is 10.8. The molecule has 0 aliphatic carbocycles. The first kappa shape index (κ1) is 15.0. The largest absolute Gasteiger partial charge is 0.290 e. The standard InChI is InChI=1S/C19H21N5/c1-15-21-10-12-24(15)19-8-2-6-17(22-19)18-7-4-11-23(18)14-16-5-3-9-20-13-16/h2-3,5-6,8-10,12-13,18H,4,7,11,14H2,1H3/t18-/m1/s1. The number of hydrogen-bond donors (Lipinski definition) is 0. The van der Waals surface area contributed by atoms with Crippen LogP contribution in [0.1, 0.15) is 36.0 Å². The highest BCUT2D eigenvalue weighted by Crippen LogP contribution is 2.32. The summed E-state index contributed by atoms with van der Waals surface area (Å²) in [5.74, 6) is 1.90. The van der Waals surface area contributed by atoms with Crippen molar-refractivity contribution in [2.24, 2.45) is 0 Å². The van der Waals surface area contributed by atoms with E-state index in [1.54, 1.807) is 0 Å². The van der Waals surface area contributed by atoms with E-state index in [0.29, 0.717) is 6.04 Å². The van der Waals surface area contributed by atoms with E-state index >= 15 is 0 Å². The van der Waals surface area contributed by atoms with Crippen molar-refractivity contribution in [2.45, 2.75) is 32.4 Å². The molecule has 1 atom stereocenters. The topological polar surface area (TPSA) is 46.8 Å². The second-order valence-corrected chi connectivity index (χ2v) is 6.25. The van der Waals surface area contributed by atoms with Gasteiger partial charge >= 0.3 is 0 Å². The molecule has 1 fully saturated rings. The maximum absolute atomic E-state index is 4.92. The molecule has 0 bridgehead atoms. The molecule has 1 aliphatic rings. The lowest BCUT2D eigenvalue weighted by Crippen LogP contribution is -2.23. The summed E-state index contributed by atoms with van der Waals surface area (Å²) in [5.41, 5.74) is 2.40. The van der Waals surface area contributed by atoms with Gasteiger partial charge in [-0.15, -0.1) is 0 Å². The third-order valence-electron chi connectivity index (χ3n) is 4.64. The van der Waals surface area contributed by atoms with E-state index in [1.807, 2.05) is 48.4 Å². The van der Waals surface area contributed by atoms with Crippen LogP contribution in [0.25, 0.3) is 5.82 Å². The van der Waals surface area contributed by atoms with Gasteiger partial charge in [-0.2, -0.15) is 0 Å². The minimum absolute atomic E-state index is 0.369. The van der Waals surface area contributed by atoms with E-state index in [-0.39, 0.29) is 0 Å². The predicted molar refractivity (Wildman–Crippen MR) is 92.7 cm³/mol. The molecule has 3 aromatic heterocycles. The molecule has 1 aliphatic heterocycles. The third-order valence-corrected chi connectivity index (χ3v) is 4.64. The molecule has 0 radical (unpaired) electrons. The van der Waals surface area contributed by atoms with Crippen LogP contribution in [0, 0.1) is 6.92 Å². The zero-order chi connectivity index (χ0) is 16.4. The smallest absolute Gasteiger partial charge is 0.138 e. The number of likely N-dealkylation sites (tertiary alicyclic amines) is 1. The minimum atomic E-state index is 0.369. The molecule has 3 aromatic rings. The predicted octanol–water partition coefficient (Wildman–Crippen LogP) is 3.31. The van der Waals surface area contributed by atoms with Crippen LogP contribution in [0.2, 0.25) is 0 Å². The van der Waals surface area contributed by atoms with Gasteiger partial charge in [0.1, 0.15) is 11.6 Å². The van der Waals surface area contributed by atoms with Crippen molar-refractivity contribution in [3.8, 4) is 5.82 Å². The van der Waals surface area contributed by atoms with Crippen molar-refractivity contribution in [3.05, 3.63) is 72.2 Å². The van der Waals surface area contributed by atoms with Crippen molar-refractivity contribution in [1.29, 1.82) is 0 Å². The number of aryl methyl sites for hydroxylation is 1. The van der Waals surface area contributed by atoms with E-state index < -0.39 is 0 Å². The summed E-state index contributed by atoms with van der Waals surface area (Å²) in [6.07, 6.45) is 9.91. The number of pyridine rings is 2. The molecule has 0 amide bonds. The van der Waals surface area contributed by atoms with Crippen molar-refractivity contribution < 1.29 is 0 Å². The summed E-state index contributed by atoms with van der Waals surface area (Å²) in [6.45, 7) is 4.03. The van der Waals surface area contributed by atoms with Gasteiger partial charge in [0.05, 0.1) is 11.7 Å². The maximum Gasteiger partial charge on any atom is 0.138 e. The molecule has 0 N–H and O–H groups in total. The minimum Gasteiger partial charge on any atom is -0.290 e. The Labute approximate surface area is 142 Å². The van der Waals surface area contributed by atoms with Crippen LogP contribution in [0.15, 0.2) is 55.1 Å². The fraction of sp³-hybridized carbons (Fsp3) is 0.316. The molecule has 4 rings (SSSR count). The number of rotatable bonds is 4. The van der Waals surface area contributed by atoms with Crippen molar-refractivity contribution in [1.82, 2.24) is 24.4 Å². The molecular formula is C19H21N5. The van der Waals surface area contributed by atoms with Crippen molar-refractivity contribution >= 4 is 0 Å². The first-order valence-electron chi connectivity index (χ1n) is 8.41. The Hall–Kier alpha value is -2.53. The number of imidazole rings is 1. The van der Waals surface area contributed by atoms with E-state index in [2.05, 4.69) is 33.1 Å². The third kappa shape index (κ3) is 2.95. The summed E-state index contributed by atoms with van der Waals surface area (Å²) in [7, 11) is 0. The molecule has 4 heterocycles. The molecule has 0 saturated carbocycles. The highest BCUT2D eigenvalue weighted by molar-refractivity contribution is 5.28. The molecule has 0 unspecified atom stereocenters. The second kappa shape index (κ2) is 6.53. The number of aromatic nitrogens is 4. The van der Waals surface area contributed by atoms with Gasteiger partial charge in [0.25, 0.3) is 0 Å². The average molecular weight is 319 g/mol. The second-order valence-electron chi connectivity index (χ2n) is 6.25. The highest BCUT2D eigenvalue weighted by atomic mass is 15.2. The summed E-state index contributed by atoms with van der Waals surface area (Å²) < 4.78 is 2.03. The van der Waals surface area contributed by atoms with Crippen LogP contribution in [-0.2, 0) is 6.54 Å².